The third kappa shape index (κ3) is 2.44. The van der Waals surface area contributed by atoms with Crippen LogP contribution in [-0.2, 0) is 24.0 Å². The van der Waals surface area contributed by atoms with Gasteiger partial charge in [0.15, 0.2) is 10.6 Å². The Hall–Kier alpha value is -1.63. The van der Waals surface area contributed by atoms with Gasteiger partial charge < -0.3 is 4.84 Å². The lowest BCUT2D eigenvalue weighted by molar-refractivity contribution is -0.192. The molecule has 1 aliphatic rings. The van der Waals surface area contributed by atoms with Crippen LogP contribution in [0.1, 0.15) is 19.8 Å². The lowest BCUT2D eigenvalue weighted by atomic mass is 10.3. The van der Waals surface area contributed by atoms with Crippen LogP contribution in [0.3, 0.4) is 0 Å². The number of hydrogen-bond acceptors (Lipinski definition) is 6. The van der Waals surface area contributed by atoms with E-state index in [9.17, 15) is 19.2 Å². The summed E-state index contributed by atoms with van der Waals surface area (Å²) in [4.78, 5) is 47.6. The summed E-state index contributed by atoms with van der Waals surface area (Å²) < 4.78 is 0. The largest absolute Gasteiger partial charge is 0.378 e. The van der Waals surface area contributed by atoms with Crippen LogP contribution in [0.4, 0.5) is 0 Å². The first-order valence-electron chi connectivity index (χ1n) is 4.06. The van der Waals surface area contributed by atoms with Crippen molar-refractivity contribution in [3.8, 4) is 0 Å². The van der Waals surface area contributed by atoms with Crippen LogP contribution in [0.5, 0.6) is 0 Å². The summed E-state index contributed by atoms with van der Waals surface area (Å²) in [6.07, 6.45) is -0.00209. The fourth-order valence-corrected chi connectivity index (χ4v) is 0.963. The maximum Gasteiger partial charge on any atom is 0.378 e. The monoisotopic (exact) mass is 229 g/mol. The van der Waals surface area contributed by atoms with Gasteiger partial charge >= 0.3 is 5.97 Å². The van der Waals surface area contributed by atoms with Crippen LogP contribution >= 0.6 is 12.2 Å². The van der Waals surface area contributed by atoms with E-state index in [1.807, 2.05) is 0 Å². The highest BCUT2D eigenvalue weighted by atomic mass is 32.1. The second-order valence-electron chi connectivity index (χ2n) is 2.85. The zero-order valence-electron chi connectivity index (χ0n) is 7.81. The quantitative estimate of drug-likeness (QED) is 0.370. The van der Waals surface area contributed by atoms with Gasteiger partial charge in [0.05, 0.1) is 0 Å². The summed E-state index contributed by atoms with van der Waals surface area (Å²) in [6, 6.07) is 0. The minimum atomic E-state index is -1.15. The number of hydroxylamine groups is 2. The number of ketones is 1. The van der Waals surface area contributed by atoms with E-state index in [-0.39, 0.29) is 12.8 Å². The van der Waals surface area contributed by atoms with Crippen molar-refractivity contribution in [1.82, 2.24) is 5.06 Å². The van der Waals surface area contributed by atoms with Crippen molar-refractivity contribution >= 4 is 40.6 Å². The predicted octanol–water partition coefficient (Wildman–Crippen LogP) is -0.448. The van der Waals surface area contributed by atoms with Crippen LogP contribution < -0.4 is 0 Å². The molecule has 0 aromatic heterocycles. The highest BCUT2D eigenvalue weighted by Gasteiger charge is 2.34. The van der Waals surface area contributed by atoms with E-state index >= 15 is 0 Å². The zero-order chi connectivity index (χ0) is 11.6. The van der Waals surface area contributed by atoms with Gasteiger partial charge in [0, 0.05) is 19.8 Å². The molecule has 0 spiro atoms. The van der Waals surface area contributed by atoms with Crippen molar-refractivity contribution < 1.29 is 24.0 Å². The number of nitrogens with zero attached hydrogens (tertiary/aromatic N) is 1. The lowest BCUT2D eigenvalue weighted by Crippen LogP contribution is -2.35. The number of thiocarbonyl (C=S) groups is 1. The van der Waals surface area contributed by atoms with E-state index in [2.05, 4.69) is 17.1 Å². The Morgan fingerprint density at radius 1 is 1.27 bits per heavy atom. The summed E-state index contributed by atoms with van der Waals surface area (Å²) in [5, 5.41) is 0.345. The number of hydrogen-bond donors (Lipinski definition) is 0. The average Bonchev–Trinajstić information content (AvgIpc) is 2.47. The highest BCUT2D eigenvalue weighted by molar-refractivity contribution is 7.83. The van der Waals surface area contributed by atoms with Crippen LogP contribution in [0.15, 0.2) is 0 Å². The van der Waals surface area contributed by atoms with E-state index < -0.39 is 28.4 Å². The Bertz CT molecular complexity index is 359. The topological polar surface area (TPSA) is 80.8 Å². The zero-order valence-corrected chi connectivity index (χ0v) is 8.63. The van der Waals surface area contributed by atoms with Gasteiger partial charge in [0.1, 0.15) is 0 Å². The highest BCUT2D eigenvalue weighted by Crippen LogP contribution is 2.12. The standard InChI is InChI=1S/C8H7NO5S/c1-4(10)7(15)8(13)14-9-5(11)2-3-6(9)12/h2-3H2,1H3. The molecule has 2 amide bonds. The smallest absolute Gasteiger partial charge is 0.324 e. The second-order valence-corrected chi connectivity index (χ2v) is 3.25. The maximum atomic E-state index is 11.1. The molecule has 1 aliphatic heterocycles. The van der Waals surface area contributed by atoms with E-state index in [1.165, 1.54) is 0 Å². The summed E-state index contributed by atoms with van der Waals surface area (Å²) in [5.41, 5.74) is 0. The summed E-state index contributed by atoms with van der Waals surface area (Å²) in [5.74, 6) is -3.02. The predicted molar refractivity (Wildman–Crippen MR) is 50.5 cm³/mol. The van der Waals surface area contributed by atoms with Gasteiger partial charge in [-0.3, -0.25) is 14.4 Å². The Kier molecular flexibility index (Phi) is 3.25. The molecule has 0 radical (unpaired) electrons. The van der Waals surface area contributed by atoms with E-state index in [4.69, 9.17) is 0 Å². The van der Waals surface area contributed by atoms with Gasteiger partial charge in [-0.1, -0.05) is 12.2 Å². The number of rotatable bonds is 3. The summed E-state index contributed by atoms with van der Waals surface area (Å²) in [7, 11) is 0. The van der Waals surface area contributed by atoms with Gasteiger partial charge in [-0.2, -0.15) is 0 Å². The van der Waals surface area contributed by atoms with Crippen LogP contribution in [0.2, 0.25) is 0 Å². The van der Waals surface area contributed by atoms with Gasteiger partial charge in [-0.05, 0) is 0 Å². The van der Waals surface area contributed by atoms with E-state index in [1.54, 1.807) is 0 Å². The number of imide groups is 1. The summed E-state index contributed by atoms with van der Waals surface area (Å²) >= 11 is 4.44. The lowest BCUT2D eigenvalue weighted by Gasteiger charge is -2.11. The average molecular weight is 229 g/mol. The molecule has 6 nitrogen and oxygen atoms in total. The number of carbonyl (C=O) groups excluding carboxylic acids is 4. The van der Waals surface area contributed by atoms with Crippen molar-refractivity contribution in [2.24, 2.45) is 0 Å². The van der Waals surface area contributed by atoms with Crippen molar-refractivity contribution in [2.75, 3.05) is 0 Å². The molecule has 1 rings (SSSR count). The molecule has 1 heterocycles. The van der Waals surface area contributed by atoms with Crippen molar-refractivity contribution in [3.63, 3.8) is 0 Å². The molecule has 0 saturated carbocycles. The first-order valence-corrected chi connectivity index (χ1v) is 4.47. The molecule has 1 fully saturated rings. The maximum absolute atomic E-state index is 11.1. The Morgan fingerprint density at radius 3 is 2.13 bits per heavy atom. The Balaban J connectivity index is 2.66. The molecule has 0 aliphatic carbocycles. The van der Waals surface area contributed by atoms with Crippen molar-refractivity contribution in [2.45, 2.75) is 19.8 Å². The van der Waals surface area contributed by atoms with Crippen molar-refractivity contribution in [1.29, 1.82) is 0 Å². The molecule has 0 atom stereocenters. The molecule has 0 aromatic carbocycles. The second kappa shape index (κ2) is 4.26. The first kappa shape index (κ1) is 11.4. The number of carbonyl (C=O) groups is 4. The van der Waals surface area contributed by atoms with E-state index in [0.717, 1.165) is 6.92 Å². The van der Waals surface area contributed by atoms with Crippen LogP contribution in [-0.4, -0.2) is 33.5 Å². The van der Waals surface area contributed by atoms with Gasteiger partial charge in [0.25, 0.3) is 11.8 Å². The molecule has 1 saturated heterocycles. The minimum Gasteiger partial charge on any atom is -0.324 e. The van der Waals surface area contributed by atoms with Gasteiger partial charge in [-0.15, -0.1) is 5.06 Å². The molecule has 15 heavy (non-hydrogen) atoms. The SMILES string of the molecule is CC(=O)C(=S)C(=O)ON1C(=O)CCC1=O. The fraction of sp³-hybridized carbons (Fsp3) is 0.375. The Labute approximate surface area is 90.1 Å². The molecule has 80 valence electrons. The van der Waals surface area contributed by atoms with Crippen LogP contribution in [0, 0.1) is 0 Å². The molecule has 0 unspecified atom stereocenters. The molecule has 0 bridgehead atoms. The fourth-order valence-electron chi connectivity index (χ4n) is 0.926. The normalized spacial score (nSPS) is 15.4. The van der Waals surface area contributed by atoms with Crippen LogP contribution in [0.25, 0.3) is 0 Å². The van der Waals surface area contributed by atoms with Crippen molar-refractivity contribution in [3.05, 3.63) is 0 Å². The summed E-state index contributed by atoms with van der Waals surface area (Å²) in [6.45, 7) is 1.09. The molecule has 7 heteroatoms. The first-order chi connectivity index (χ1) is 6.93. The van der Waals surface area contributed by atoms with Gasteiger partial charge in [-0.25, -0.2) is 4.79 Å². The third-order valence-corrected chi connectivity index (χ3v) is 2.14. The number of amides is 2. The Morgan fingerprint density at radius 2 is 1.73 bits per heavy atom. The minimum absolute atomic E-state index is 0.00104. The van der Waals surface area contributed by atoms with E-state index in [0.29, 0.717) is 5.06 Å². The van der Waals surface area contributed by atoms with Gasteiger partial charge in [0.2, 0.25) is 0 Å². The number of Topliss-reactive ketones (excluding diaryl/α,β-unsaturated/α-hetero) is 1. The third-order valence-electron chi connectivity index (χ3n) is 1.69. The molecule has 0 N–H and O–H groups in total. The molecular weight excluding hydrogens is 222 g/mol. The molecular formula is C8H7NO5S. The molecule has 0 aromatic rings.